The van der Waals surface area contributed by atoms with E-state index in [1.54, 1.807) is 0 Å². The summed E-state index contributed by atoms with van der Waals surface area (Å²) in [4.78, 5) is 4.97. The number of nitrogens with zero attached hydrogens (tertiary/aromatic N) is 2. The molecule has 0 unspecified atom stereocenters. The third-order valence-corrected chi connectivity index (χ3v) is 7.45. The molecule has 0 aliphatic heterocycles. The van der Waals surface area contributed by atoms with E-state index in [4.69, 9.17) is 9.47 Å². The van der Waals surface area contributed by atoms with E-state index in [1.807, 2.05) is 0 Å². The van der Waals surface area contributed by atoms with E-state index < -0.39 is 0 Å². The van der Waals surface area contributed by atoms with Crippen molar-refractivity contribution in [2.24, 2.45) is 0 Å². The molecule has 0 bridgehead atoms. The Labute approximate surface area is 246 Å². The molecule has 0 atom stereocenters. The Morgan fingerprint density at radius 1 is 0.550 bits per heavy atom. The van der Waals surface area contributed by atoms with E-state index >= 15 is 0 Å². The van der Waals surface area contributed by atoms with Crippen LogP contribution in [0, 0.1) is 6.92 Å². The standard InChI is InChI=1S/C35H59N3O2/c1-6-10-14-22-37(23-15-11-7-2)34-20-21-35(31(5)30-34)36-32-16-18-33(19-17-32)38(24-28-39-26-12-8-3)25-29-40-27-13-9-4/h16-21,30,36H,6-15,22-29H2,1-5H3. The largest absolute Gasteiger partial charge is 0.380 e. The molecule has 0 heterocycles. The fourth-order valence-corrected chi connectivity index (χ4v) is 4.79. The van der Waals surface area contributed by atoms with Gasteiger partial charge in [-0.05, 0) is 80.6 Å². The highest BCUT2D eigenvalue weighted by atomic mass is 16.5. The summed E-state index contributed by atoms with van der Waals surface area (Å²) in [6.07, 6.45) is 12.2. The number of aryl methyl sites for hydroxylation is 1. The summed E-state index contributed by atoms with van der Waals surface area (Å²) in [6.45, 7) is 18.4. The fourth-order valence-electron chi connectivity index (χ4n) is 4.79. The van der Waals surface area contributed by atoms with Crippen molar-refractivity contribution in [3.8, 4) is 0 Å². The van der Waals surface area contributed by atoms with Gasteiger partial charge < -0.3 is 24.6 Å². The van der Waals surface area contributed by atoms with Crippen molar-refractivity contribution in [2.45, 2.75) is 98.8 Å². The molecule has 0 saturated heterocycles. The highest BCUT2D eigenvalue weighted by Crippen LogP contribution is 2.27. The minimum atomic E-state index is 0.744. The summed E-state index contributed by atoms with van der Waals surface area (Å²) < 4.78 is 11.7. The van der Waals surface area contributed by atoms with Crippen LogP contribution in [0.25, 0.3) is 0 Å². The number of hydrogen-bond acceptors (Lipinski definition) is 5. The second-order valence-electron chi connectivity index (χ2n) is 11.0. The van der Waals surface area contributed by atoms with Gasteiger partial charge in [0, 0.05) is 62.1 Å². The normalized spacial score (nSPS) is 11.1. The number of ether oxygens (including phenoxy) is 2. The molecule has 5 nitrogen and oxygen atoms in total. The molecule has 0 fully saturated rings. The molecule has 0 amide bonds. The van der Waals surface area contributed by atoms with Crippen LogP contribution < -0.4 is 15.1 Å². The van der Waals surface area contributed by atoms with Crippen LogP contribution in [0.5, 0.6) is 0 Å². The maximum absolute atomic E-state index is 5.87. The Morgan fingerprint density at radius 3 is 1.55 bits per heavy atom. The first-order valence-electron chi connectivity index (χ1n) is 16.3. The van der Waals surface area contributed by atoms with E-state index in [0.29, 0.717) is 0 Å². The average molecular weight is 554 g/mol. The Morgan fingerprint density at radius 2 is 1.05 bits per heavy atom. The zero-order valence-electron chi connectivity index (χ0n) is 26.5. The first-order chi connectivity index (χ1) is 19.6. The molecule has 0 aliphatic rings. The lowest BCUT2D eigenvalue weighted by Crippen LogP contribution is -2.31. The zero-order chi connectivity index (χ0) is 28.8. The summed E-state index contributed by atoms with van der Waals surface area (Å²) >= 11 is 0. The van der Waals surface area contributed by atoms with Crippen molar-refractivity contribution in [2.75, 3.05) is 67.7 Å². The monoisotopic (exact) mass is 553 g/mol. The molecule has 0 aromatic heterocycles. The predicted molar refractivity (Wildman–Crippen MR) is 176 cm³/mol. The molecule has 2 rings (SSSR count). The zero-order valence-corrected chi connectivity index (χ0v) is 26.5. The lowest BCUT2D eigenvalue weighted by molar-refractivity contribution is 0.125. The highest BCUT2D eigenvalue weighted by Gasteiger charge is 2.10. The van der Waals surface area contributed by atoms with E-state index in [2.05, 4.69) is 92.2 Å². The Balaban J connectivity index is 2.02. The van der Waals surface area contributed by atoms with Gasteiger partial charge in [-0.1, -0.05) is 66.2 Å². The maximum Gasteiger partial charge on any atom is 0.0641 e. The number of hydrogen-bond donors (Lipinski definition) is 1. The summed E-state index contributed by atoms with van der Waals surface area (Å²) in [7, 11) is 0. The average Bonchev–Trinajstić information content (AvgIpc) is 2.97. The summed E-state index contributed by atoms with van der Waals surface area (Å²) in [5, 5.41) is 3.66. The van der Waals surface area contributed by atoms with Gasteiger partial charge in [-0.25, -0.2) is 0 Å². The van der Waals surface area contributed by atoms with Crippen LogP contribution in [-0.4, -0.2) is 52.6 Å². The molecule has 2 aromatic rings. The van der Waals surface area contributed by atoms with Crippen LogP contribution in [-0.2, 0) is 9.47 Å². The predicted octanol–water partition coefficient (Wildman–Crippen LogP) is 9.37. The van der Waals surface area contributed by atoms with Crippen molar-refractivity contribution in [1.82, 2.24) is 0 Å². The van der Waals surface area contributed by atoms with Gasteiger partial charge >= 0.3 is 0 Å². The second-order valence-corrected chi connectivity index (χ2v) is 11.0. The van der Waals surface area contributed by atoms with Crippen molar-refractivity contribution in [3.05, 3.63) is 48.0 Å². The van der Waals surface area contributed by atoms with Gasteiger partial charge in [-0.15, -0.1) is 0 Å². The summed E-state index contributed by atoms with van der Waals surface area (Å²) in [5.74, 6) is 0. The van der Waals surface area contributed by atoms with Gasteiger partial charge in [0.05, 0.1) is 13.2 Å². The first-order valence-corrected chi connectivity index (χ1v) is 16.3. The van der Waals surface area contributed by atoms with Crippen LogP contribution in [0.4, 0.5) is 22.7 Å². The Kier molecular flexibility index (Phi) is 18.3. The van der Waals surface area contributed by atoms with Gasteiger partial charge in [0.25, 0.3) is 0 Å². The van der Waals surface area contributed by atoms with Crippen LogP contribution in [0.1, 0.15) is 97.5 Å². The van der Waals surface area contributed by atoms with Gasteiger partial charge in [-0.3, -0.25) is 0 Å². The number of benzene rings is 2. The van der Waals surface area contributed by atoms with E-state index in [0.717, 1.165) is 71.1 Å². The molecule has 0 aliphatic carbocycles. The van der Waals surface area contributed by atoms with Crippen molar-refractivity contribution in [3.63, 3.8) is 0 Å². The van der Waals surface area contributed by atoms with Crippen LogP contribution >= 0.6 is 0 Å². The quantitative estimate of drug-likeness (QED) is 0.131. The molecule has 0 radical (unpaired) electrons. The minimum absolute atomic E-state index is 0.744. The fraction of sp³-hybridized carbons (Fsp3) is 0.657. The van der Waals surface area contributed by atoms with E-state index in [1.165, 1.54) is 74.0 Å². The summed E-state index contributed by atoms with van der Waals surface area (Å²) in [5.41, 5.74) is 6.13. The minimum Gasteiger partial charge on any atom is -0.380 e. The number of nitrogens with one attached hydrogen (secondary N) is 1. The van der Waals surface area contributed by atoms with E-state index in [-0.39, 0.29) is 0 Å². The van der Waals surface area contributed by atoms with E-state index in [9.17, 15) is 0 Å². The van der Waals surface area contributed by atoms with Gasteiger partial charge in [0.15, 0.2) is 0 Å². The third kappa shape index (κ3) is 13.4. The first kappa shape index (κ1) is 34.0. The molecule has 0 saturated carbocycles. The summed E-state index contributed by atoms with van der Waals surface area (Å²) in [6, 6.07) is 15.7. The molecule has 2 aromatic carbocycles. The SMILES string of the molecule is CCCCCN(CCCCC)c1ccc(Nc2ccc(N(CCOCCCC)CCOCCCC)cc2)c(C)c1. The van der Waals surface area contributed by atoms with Crippen molar-refractivity contribution >= 4 is 22.7 Å². The van der Waals surface area contributed by atoms with Crippen LogP contribution in [0.3, 0.4) is 0 Å². The topological polar surface area (TPSA) is 37.0 Å². The lowest BCUT2D eigenvalue weighted by atomic mass is 10.1. The molecule has 226 valence electrons. The second kappa shape index (κ2) is 21.5. The maximum atomic E-state index is 5.87. The Bertz CT molecular complexity index is 863. The number of anilines is 4. The molecule has 40 heavy (non-hydrogen) atoms. The highest BCUT2D eigenvalue weighted by molar-refractivity contribution is 5.68. The number of rotatable bonds is 24. The third-order valence-electron chi connectivity index (χ3n) is 7.45. The molecular formula is C35H59N3O2. The number of unbranched alkanes of at least 4 members (excludes halogenated alkanes) is 6. The van der Waals surface area contributed by atoms with Crippen LogP contribution in [0.15, 0.2) is 42.5 Å². The molecular weight excluding hydrogens is 494 g/mol. The molecule has 1 N–H and O–H groups in total. The van der Waals surface area contributed by atoms with Gasteiger partial charge in [0.2, 0.25) is 0 Å². The van der Waals surface area contributed by atoms with Crippen molar-refractivity contribution < 1.29 is 9.47 Å². The Hall–Kier alpha value is -2.24. The van der Waals surface area contributed by atoms with Gasteiger partial charge in [0.1, 0.15) is 0 Å². The molecule has 0 spiro atoms. The van der Waals surface area contributed by atoms with Crippen molar-refractivity contribution in [1.29, 1.82) is 0 Å². The smallest absolute Gasteiger partial charge is 0.0641 e. The van der Waals surface area contributed by atoms with Crippen LogP contribution in [0.2, 0.25) is 0 Å². The molecule has 5 heteroatoms. The lowest BCUT2D eigenvalue weighted by Gasteiger charge is -2.26. The van der Waals surface area contributed by atoms with Gasteiger partial charge in [-0.2, -0.15) is 0 Å².